The third-order valence-corrected chi connectivity index (χ3v) is 11.3. The summed E-state index contributed by atoms with van der Waals surface area (Å²) in [6, 6.07) is 23.0. The lowest BCUT2D eigenvalue weighted by molar-refractivity contribution is -0.132. The zero-order valence-electron chi connectivity index (χ0n) is 25.5. The number of methoxy groups -OCH3 is 2. The van der Waals surface area contributed by atoms with E-state index in [4.69, 9.17) is 9.47 Å². The highest BCUT2D eigenvalue weighted by Gasteiger charge is 2.29. The number of ether oxygens (including phenoxy) is 2. The number of amides is 1. The summed E-state index contributed by atoms with van der Waals surface area (Å²) in [4.78, 5) is 17.3. The fourth-order valence-electron chi connectivity index (χ4n) is 4.71. The molecular weight excluding hydrogens is 615 g/mol. The summed E-state index contributed by atoms with van der Waals surface area (Å²) in [7, 11) is -0.437. The fraction of sp³-hybridized carbons (Fsp3) is 0.364. The zero-order chi connectivity index (χ0) is 31.4. The van der Waals surface area contributed by atoms with Gasteiger partial charge in [-0.2, -0.15) is 4.31 Å². The summed E-state index contributed by atoms with van der Waals surface area (Å²) in [5, 5.41) is 6.73. The summed E-state index contributed by atoms with van der Waals surface area (Å²) in [5.74, 6) is 1.51. The van der Waals surface area contributed by atoms with Gasteiger partial charge in [0.25, 0.3) is 0 Å². The molecule has 0 aliphatic heterocycles. The molecule has 1 unspecified atom stereocenters. The summed E-state index contributed by atoms with van der Waals surface area (Å²) in [6.45, 7) is 4.38. The molecule has 0 aliphatic rings. The van der Waals surface area contributed by atoms with Crippen molar-refractivity contribution in [2.24, 2.45) is 0 Å². The lowest BCUT2D eigenvalue weighted by atomic mass is 10.2. The monoisotopic (exact) mass is 655 g/mol. The predicted molar refractivity (Wildman–Crippen MR) is 179 cm³/mol. The van der Waals surface area contributed by atoms with Crippen LogP contribution in [0, 0.1) is 0 Å². The lowest BCUT2D eigenvalue weighted by Gasteiger charge is -2.26. The number of carbonyl (C=O) groups excluding carboxylic acids is 1. The quantitative estimate of drug-likeness (QED) is 0.130. The van der Waals surface area contributed by atoms with Crippen molar-refractivity contribution in [2.75, 3.05) is 27.3 Å². The Labute approximate surface area is 269 Å². The molecule has 4 rings (SSSR count). The SMILES string of the molecule is COc1ccc(CN(Cc2ccc(OC)cc2)S(=O)(=O)C(C)CCNCCC(=O)N(Cc2cccs2)Cc2cccs2)cc1. The van der Waals surface area contributed by atoms with Gasteiger partial charge >= 0.3 is 0 Å². The van der Waals surface area contributed by atoms with Gasteiger partial charge in [-0.3, -0.25) is 4.79 Å². The second-order valence-corrected chi connectivity index (χ2v) is 14.9. The van der Waals surface area contributed by atoms with Gasteiger partial charge in [-0.25, -0.2) is 8.42 Å². The minimum absolute atomic E-state index is 0.0742. The Hall–Kier alpha value is -3.22. The van der Waals surface area contributed by atoms with Gasteiger partial charge in [0.15, 0.2) is 0 Å². The second kappa shape index (κ2) is 16.7. The number of benzene rings is 2. The van der Waals surface area contributed by atoms with Crippen molar-refractivity contribution in [2.45, 2.75) is 51.2 Å². The van der Waals surface area contributed by atoms with Crippen LogP contribution in [0.4, 0.5) is 0 Å². The maximum absolute atomic E-state index is 13.8. The number of thiophene rings is 2. The fourth-order valence-corrected chi connectivity index (χ4v) is 7.73. The number of carbonyl (C=O) groups is 1. The van der Waals surface area contributed by atoms with Crippen LogP contribution in [0.15, 0.2) is 83.6 Å². The number of nitrogens with one attached hydrogen (secondary N) is 1. The first kappa shape index (κ1) is 33.7. The molecule has 2 heterocycles. The minimum atomic E-state index is -3.65. The first-order valence-corrected chi connectivity index (χ1v) is 17.8. The van der Waals surface area contributed by atoms with Crippen molar-refractivity contribution in [3.63, 3.8) is 0 Å². The lowest BCUT2D eigenvalue weighted by Crippen LogP contribution is -2.38. The molecule has 2 aromatic heterocycles. The van der Waals surface area contributed by atoms with Gasteiger partial charge in [0, 0.05) is 35.8 Å². The van der Waals surface area contributed by atoms with Gasteiger partial charge in [-0.1, -0.05) is 36.4 Å². The number of sulfonamides is 1. The van der Waals surface area contributed by atoms with E-state index in [1.807, 2.05) is 88.5 Å². The maximum atomic E-state index is 13.8. The topological polar surface area (TPSA) is 88.2 Å². The largest absolute Gasteiger partial charge is 0.497 e. The molecule has 44 heavy (non-hydrogen) atoms. The molecule has 8 nitrogen and oxygen atoms in total. The first-order chi connectivity index (χ1) is 21.3. The third kappa shape index (κ3) is 9.90. The van der Waals surface area contributed by atoms with E-state index >= 15 is 0 Å². The van der Waals surface area contributed by atoms with Gasteiger partial charge < -0.3 is 19.7 Å². The van der Waals surface area contributed by atoms with Gasteiger partial charge in [0.1, 0.15) is 11.5 Å². The van der Waals surface area contributed by atoms with Crippen LogP contribution in [0.2, 0.25) is 0 Å². The van der Waals surface area contributed by atoms with Crippen molar-refractivity contribution in [3.05, 3.63) is 104 Å². The van der Waals surface area contributed by atoms with Crippen LogP contribution in [-0.2, 0) is 41.0 Å². The van der Waals surface area contributed by atoms with Crippen molar-refractivity contribution in [1.29, 1.82) is 0 Å². The molecule has 0 saturated carbocycles. The van der Waals surface area contributed by atoms with Gasteiger partial charge in [0.05, 0.1) is 32.6 Å². The summed E-state index contributed by atoms with van der Waals surface area (Å²) in [6.07, 6.45) is 0.769. The molecule has 1 N–H and O–H groups in total. The third-order valence-electron chi connectivity index (χ3n) is 7.35. The van der Waals surface area contributed by atoms with Crippen LogP contribution in [0.5, 0.6) is 11.5 Å². The van der Waals surface area contributed by atoms with Crippen LogP contribution in [0.3, 0.4) is 0 Å². The number of nitrogens with zero attached hydrogens (tertiary/aromatic N) is 2. The van der Waals surface area contributed by atoms with Crippen molar-refractivity contribution >= 4 is 38.6 Å². The Bertz CT molecular complexity index is 1420. The van der Waals surface area contributed by atoms with E-state index in [0.29, 0.717) is 39.0 Å². The molecule has 0 radical (unpaired) electrons. The normalized spacial score (nSPS) is 12.3. The molecule has 0 aliphatic carbocycles. The van der Waals surface area contributed by atoms with Crippen molar-refractivity contribution < 1.29 is 22.7 Å². The molecule has 1 atom stereocenters. The molecule has 0 bridgehead atoms. The Morgan fingerprint density at radius 3 is 1.70 bits per heavy atom. The molecule has 4 aromatic rings. The smallest absolute Gasteiger partial charge is 0.224 e. The summed E-state index contributed by atoms with van der Waals surface area (Å²) >= 11 is 3.29. The molecule has 0 spiro atoms. The summed E-state index contributed by atoms with van der Waals surface area (Å²) in [5.41, 5.74) is 1.75. The first-order valence-electron chi connectivity index (χ1n) is 14.6. The molecule has 2 aromatic carbocycles. The van der Waals surface area contributed by atoms with E-state index in [2.05, 4.69) is 5.32 Å². The average molecular weight is 656 g/mol. The Balaban J connectivity index is 1.33. The predicted octanol–water partition coefficient (Wildman–Crippen LogP) is 6.15. The number of rotatable bonds is 18. The van der Waals surface area contributed by atoms with E-state index in [1.54, 1.807) is 43.8 Å². The molecule has 0 fully saturated rings. The standard InChI is InChI=1S/C33H41N3O5S3/c1-26(16-18-34-19-17-33(37)35(24-31-6-4-20-42-31)25-32-7-5-21-43-32)44(38,39)36(22-27-8-12-29(40-2)13-9-27)23-28-10-14-30(41-3)15-11-28/h4-15,20-21,26,34H,16-19,22-25H2,1-3H3. The molecular formula is C33H41N3O5S3. The number of hydrogen-bond acceptors (Lipinski definition) is 8. The highest BCUT2D eigenvalue weighted by Crippen LogP contribution is 2.22. The molecule has 1 amide bonds. The van der Waals surface area contributed by atoms with Crippen molar-refractivity contribution in [1.82, 2.24) is 14.5 Å². The highest BCUT2D eigenvalue weighted by atomic mass is 32.2. The Morgan fingerprint density at radius 2 is 1.27 bits per heavy atom. The van der Waals surface area contributed by atoms with E-state index in [-0.39, 0.29) is 19.0 Å². The zero-order valence-corrected chi connectivity index (χ0v) is 27.9. The average Bonchev–Trinajstić information content (AvgIpc) is 3.75. The molecule has 11 heteroatoms. The Kier molecular flexibility index (Phi) is 12.8. The minimum Gasteiger partial charge on any atom is -0.497 e. The van der Waals surface area contributed by atoms with Crippen LogP contribution in [0.1, 0.15) is 40.6 Å². The molecule has 0 saturated heterocycles. The molecule has 236 valence electrons. The highest BCUT2D eigenvalue weighted by molar-refractivity contribution is 7.89. The van der Waals surface area contributed by atoms with Crippen LogP contribution in [-0.4, -0.2) is 56.1 Å². The van der Waals surface area contributed by atoms with Crippen LogP contribution >= 0.6 is 22.7 Å². The van der Waals surface area contributed by atoms with E-state index < -0.39 is 15.3 Å². The summed E-state index contributed by atoms with van der Waals surface area (Å²) < 4.78 is 39.7. The van der Waals surface area contributed by atoms with Gasteiger partial charge in [0.2, 0.25) is 15.9 Å². The Morgan fingerprint density at radius 1 is 0.773 bits per heavy atom. The van der Waals surface area contributed by atoms with Crippen molar-refractivity contribution in [3.8, 4) is 11.5 Å². The van der Waals surface area contributed by atoms with Gasteiger partial charge in [-0.15, -0.1) is 22.7 Å². The van der Waals surface area contributed by atoms with E-state index in [1.165, 1.54) is 4.31 Å². The van der Waals surface area contributed by atoms with Gasteiger partial charge in [-0.05, 0) is 78.2 Å². The second-order valence-electron chi connectivity index (χ2n) is 10.5. The van der Waals surface area contributed by atoms with Crippen LogP contribution in [0.25, 0.3) is 0 Å². The van der Waals surface area contributed by atoms with Crippen LogP contribution < -0.4 is 14.8 Å². The van der Waals surface area contributed by atoms with E-state index in [9.17, 15) is 13.2 Å². The maximum Gasteiger partial charge on any atom is 0.224 e. The number of hydrogen-bond donors (Lipinski definition) is 1. The van der Waals surface area contributed by atoms with E-state index in [0.717, 1.165) is 32.4 Å².